The van der Waals surface area contributed by atoms with Crippen molar-refractivity contribution in [1.29, 1.82) is 0 Å². The number of carbonyl (C=O) groups excluding carboxylic acids is 2. The summed E-state index contributed by atoms with van der Waals surface area (Å²) in [7, 11) is 0. The van der Waals surface area contributed by atoms with Crippen molar-refractivity contribution in [3.63, 3.8) is 0 Å². The van der Waals surface area contributed by atoms with Crippen LogP contribution in [0.15, 0.2) is 42.5 Å². The van der Waals surface area contributed by atoms with E-state index in [-0.39, 0.29) is 31.2 Å². The highest BCUT2D eigenvalue weighted by atomic mass is 16.6. The molecule has 2 aliphatic rings. The van der Waals surface area contributed by atoms with Gasteiger partial charge in [0.05, 0.1) is 12.3 Å². The van der Waals surface area contributed by atoms with Crippen LogP contribution in [-0.4, -0.2) is 42.6 Å². The highest BCUT2D eigenvalue weighted by Crippen LogP contribution is 2.36. The molecule has 1 unspecified atom stereocenters. The van der Waals surface area contributed by atoms with Gasteiger partial charge in [0.2, 0.25) is 11.8 Å². The topological polar surface area (TPSA) is 105 Å². The van der Waals surface area contributed by atoms with Crippen molar-refractivity contribution in [2.75, 3.05) is 30.0 Å². The van der Waals surface area contributed by atoms with Gasteiger partial charge in [0.1, 0.15) is 13.2 Å². The lowest BCUT2D eigenvalue weighted by Crippen LogP contribution is -2.28. The summed E-state index contributed by atoms with van der Waals surface area (Å²) in [6.07, 6.45) is -0.0153. The van der Waals surface area contributed by atoms with Crippen molar-refractivity contribution in [2.45, 2.75) is 12.8 Å². The van der Waals surface area contributed by atoms with Crippen LogP contribution in [0.2, 0.25) is 0 Å². The average molecular weight is 396 g/mol. The lowest BCUT2D eigenvalue weighted by atomic mass is 10.1. The van der Waals surface area contributed by atoms with Crippen molar-refractivity contribution >= 4 is 29.2 Å². The second kappa shape index (κ2) is 7.83. The maximum absolute atomic E-state index is 12.7. The molecule has 2 aliphatic heterocycles. The van der Waals surface area contributed by atoms with E-state index in [2.05, 4.69) is 5.32 Å². The first kappa shape index (κ1) is 18.8. The number of hydrogen-bond acceptors (Lipinski definition) is 5. The fourth-order valence-corrected chi connectivity index (χ4v) is 3.51. The van der Waals surface area contributed by atoms with Crippen LogP contribution in [-0.2, 0) is 20.8 Å². The highest BCUT2D eigenvalue weighted by Gasteiger charge is 2.35. The number of anilines is 2. The molecule has 0 aliphatic carbocycles. The summed E-state index contributed by atoms with van der Waals surface area (Å²) in [5, 5.41) is 11.7. The molecule has 1 saturated heterocycles. The molecule has 1 fully saturated rings. The Hall–Kier alpha value is -3.55. The van der Waals surface area contributed by atoms with E-state index in [0.717, 1.165) is 0 Å². The normalized spacial score (nSPS) is 17.9. The van der Waals surface area contributed by atoms with Crippen LogP contribution in [0.25, 0.3) is 0 Å². The molecule has 29 heavy (non-hydrogen) atoms. The van der Waals surface area contributed by atoms with Crippen LogP contribution in [0.1, 0.15) is 12.0 Å². The lowest BCUT2D eigenvalue weighted by molar-refractivity contribution is -0.136. The van der Waals surface area contributed by atoms with Gasteiger partial charge >= 0.3 is 5.97 Å². The molecule has 0 radical (unpaired) electrons. The van der Waals surface area contributed by atoms with Crippen molar-refractivity contribution in [3.8, 4) is 11.5 Å². The van der Waals surface area contributed by atoms with Crippen LogP contribution in [0.5, 0.6) is 11.5 Å². The molecule has 0 aromatic heterocycles. The SMILES string of the molecule is O=C(O)Cc1cccc(NC(=O)C2CC(=O)N(c3ccc4c(c3)OCCO4)C2)c1. The van der Waals surface area contributed by atoms with E-state index in [0.29, 0.717) is 41.7 Å². The first-order valence-corrected chi connectivity index (χ1v) is 9.31. The number of aliphatic carboxylic acids is 1. The molecule has 150 valence electrons. The third-order valence-electron chi connectivity index (χ3n) is 4.88. The van der Waals surface area contributed by atoms with Crippen molar-refractivity contribution in [2.24, 2.45) is 5.92 Å². The van der Waals surface area contributed by atoms with Crippen LogP contribution >= 0.6 is 0 Å². The molecule has 2 N–H and O–H groups in total. The summed E-state index contributed by atoms with van der Waals surface area (Å²) in [4.78, 5) is 37.6. The van der Waals surface area contributed by atoms with Crippen LogP contribution in [0.4, 0.5) is 11.4 Å². The number of nitrogens with zero attached hydrogens (tertiary/aromatic N) is 1. The Bertz CT molecular complexity index is 973. The van der Waals surface area contributed by atoms with Gasteiger partial charge in [-0.25, -0.2) is 0 Å². The fraction of sp³-hybridized carbons (Fsp3) is 0.286. The molecule has 8 nitrogen and oxygen atoms in total. The maximum atomic E-state index is 12.7. The van der Waals surface area contributed by atoms with Gasteiger partial charge in [-0.15, -0.1) is 0 Å². The number of hydrogen-bond donors (Lipinski definition) is 2. The number of fused-ring (bicyclic) bond motifs is 1. The van der Waals surface area contributed by atoms with Crippen molar-refractivity contribution < 1.29 is 29.0 Å². The minimum atomic E-state index is -0.940. The Morgan fingerprint density at radius 3 is 2.69 bits per heavy atom. The maximum Gasteiger partial charge on any atom is 0.307 e. The molecule has 2 heterocycles. The molecular weight excluding hydrogens is 376 g/mol. The zero-order valence-electron chi connectivity index (χ0n) is 15.6. The second-order valence-electron chi connectivity index (χ2n) is 6.99. The van der Waals surface area contributed by atoms with Crippen molar-refractivity contribution in [3.05, 3.63) is 48.0 Å². The van der Waals surface area contributed by atoms with E-state index in [1.807, 2.05) is 0 Å². The first-order chi connectivity index (χ1) is 14.0. The van der Waals surface area contributed by atoms with Gasteiger partial charge in [-0.05, 0) is 29.8 Å². The number of amides is 2. The molecule has 2 aromatic carbocycles. The average Bonchev–Trinajstić information content (AvgIpc) is 3.09. The number of carboxylic acid groups (broad SMARTS) is 1. The van der Waals surface area contributed by atoms with E-state index >= 15 is 0 Å². The summed E-state index contributed by atoms with van der Waals surface area (Å²) < 4.78 is 11.1. The molecule has 2 aromatic rings. The Balaban J connectivity index is 1.44. The number of nitrogens with one attached hydrogen (secondary N) is 1. The number of ether oxygens (including phenoxy) is 2. The summed E-state index contributed by atoms with van der Waals surface area (Å²) in [6, 6.07) is 12.0. The Labute approximate surface area is 167 Å². The first-order valence-electron chi connectivity index (χ1n) is 9.31. The zero-order chi connectivity index (χ0) is 20.4. The van der Waals surface area contributed by atoms with E-state index in [1.54, 1.807) is 47.4 Å². The molecule has 0 saturated carbocycles. The number of carbonyl (C=O) groups is 3. The number of rotatable bonds is 5. The molecule has 0 spiro atoms. The third-order valence-corrected chi connectivity index (χ3v) is 4.88. The molecule has 8 heteroatoms. The van der Waals surface area contributed by atoms with Crippen LogP contribution < -0.4 is 19.7 Å². The van der Waals surface area contributed by atoms with Crippen LogP contribution in [0, 0.1) is 5.92 Å². The standard InChI is InChI=1S/C21H20N2O6/c24-19-10-14(21(27)22-15-3-1-2-13(8-15)9-20(25)26)12-23(19)16-4-5-17-18(11-16)29-7-6-28-17/h1-5,8,11,14H,6-7,9-10,12H2,(H,22,27)(H,25,26). The Morgan fingerprint density at radius 2 is 1.90 bits per heavy atom. The van der Waals surface area contributed by atoms with Gasteiger partial charge in [0, 0.05) is 30.4 Å². The number of carboxylic acids is 1. The molecule has 0 bridgehead atoms. The quantitative estimate of drug-likeness (QED) is 0.802. The van der Waals surface area contributed by atoms with Gasteiger partial charge in [-0.2, -0.15) is 0 Å². The third kappa shape index (κ3) is 4.16. The van der Waals surface area contributed by atoms with E-state index in [1.165, 1.54) is 0 Å². The van der Waals surface area contributed by atoms with Gasteiger partial charge in [0.15, 0.2) is 11.5 Å². The Kier molecular flexibility index (Phi) is 5.07. The molecule has 2 amide bonds. The van der Waals surface area contributed by atoms with Gasteiger partial charge < -0.3 is 24.8 Å². The van der Waals surface area contributed by atoms with E-state index < -0.39 is 11.9 Å². The predicted molar refractivity (Wildman–Crippen MR) is 104 cm³/mol. The van der Waals surface area contributed by atoms with Crippen molar-refractivity contribution in [1.82, 2.24) is 0 Å². The summed E-state index contributed by atoms with van der Waals surface area (Å²) in [6.45, 7) is 1.21. The predicted octanol–water partition coefficient (Wildman–Crippen LogP) is 2.08. The van der Waals surface area contributed by atoms with Crippen LogP contribution in [0.3, 0.4) is 0 Å². The summed E-state index contributed by atoms with van der Waals surface area (Å²) in [5.74, 6) is -0.622. The lowest BCUT2D eigenvalue weighted by Gasteiger charge is -2.22. The Morgan fingerprint density at radius 1 is 1.10 bits per heavy atom. The monoisotopic (exact) mass is 396 g/mol. The summed E-state index contributed by atoms with van der Waals surface area (Å²) in [5.41, 5.74) is 1.77. The van der Waals surface area contributed by atoms with Gasteiger partial charge in [-0.3, -0.25) is 14.4 Å². The molecular formula is C21H20N2O6. The van der Waals surface area contributed by atoms with E-state index in [9.17, 15) is 14.4 Å². The smallest absolute Gasteiger partial charge is 0.307 e. The minimum Gasteiger partial charge on any atom is -0.486 e. The zero-order valence-corrected chi connectivity index (χ0v) is 15.6. The highest BCUT2D eigenvalue weighted by molar-refractivity contribution is 6.03. The largest absolute Gasteiger partial charge is 0.486 e. The van der Waals surface area contributed by atoms with Gasteiger partial charge in [0.25, 0.3) is 0 Å². The second-order valence-corrected chi connectivity index (χ2v) is 6.99. The molecule has 1 atom stereocenters. The fourth-order valence-electron chi connectivity index (χ4n) is 3.51. The van der Waals surface area contributed by atoms with Gasteiger partial charge in [-0.1, -0.05) is 12.1 Å². The minimum absolute atomic E-state index is 0.106. The molecule has 4 rings (SSSR count). The van der Waals surface area contributed by atoms with E-state index in [4.69, 9.17) is 14.6 Å². The summed E-state index contributed by atoms with van der Waals surface area (Å²) >= 11 is 0. The number of benzene rings is 2.